The lowest BCUT2D eigenvalue weighted by molar-refractivity contribution is -0.124. The predicted octanol–water partition coefficient (Wildman–Crippen LogP) is 3.07. The second kappa shape index (κ2) is 8.44. The lowest BCUT2D eigenvalue weighted by Crippen LogP contribution is -2.28. The van der Waals surface area contributed by atoms with Crippen LogP contribution >= 0.6 is 15.9 Å². The molecular weight excluding hydrogens is 381 g/mol. The fraction of sp³-hybridized carbons (Fsp3) is 0.176. The molecule has 0 spiro atoms. The molecule has 0 aliphatic heterocycles. The molecule has 0 aliphatic carbocycles. The third kappa shape index (κ3) is 5.06. The van der Waals surface area contributed by atoms with Crippen LogP contribution in [-0.4, -0.2) is 25.6 Å². The predicted molar refractivity (Wildman–Crippen MR) is 89.2 cm³/mol. The van der Waals surface area contributed by atoms with Crippen molar-refractivity contribution in [1.29, 1.82) is 0 Å². The van der Waals surface area contributed by atoms with Crippen LogP contribution in [0.2, 0.25) is 0 Å². The number of amides is 1. The number of hydrogen-bond acceptors (Lipinski definition) is 4. The van der Waals surface area contributed by atoms with E-state index in [9.17, 15) is 14.0 Å². The van der Waals surface area contributed by atoms with Gasteiger partial charge in [0.1, 0.15) is 0 Å². The monoisotopic (exact) mass is 395 g/mol. The number of rotatable bonds is 6. The van der Waals surface area contributed by atoms with E-state index in [1.165, 1.54) is 19.2 Å². The molecule has 0 aromatic heterocycles. The minimum absolute atomic E-state index is 0.00834. The molecule has 2 rings (SSSR count). The Morgan fingerprint density at radius 3 is 2.50 bits per heavy atom. The molecule has 0 unspecified atom stereocenters. The average Bonchev–Trinajstić information content (AvgIpc) is 2.59. The molecular formula is C17H15BrFNO4. The summed E-state index contributed by atoms with van der Waals surface area (Å²) in [5.41, 5.74) is 0.920. The molecule has 5 nitrogen and oxygen atoms in total. The van der Waals surface area contributed by atoms with Crippen molar-refractivity contribution in [3.8, 4) is 5.75 Å². The Labute approximate surface area is 146 Å². The minimum Gasteiger partial charge on any atom is -0.494 e. The number of hydrogen-bond donors (Lipinski definition) is 1. The van der Waals surface area contributed by atoms with E-state index in [0.717, 1.165) is 16.1 Å². The Hall–Kier alpha value is -2.41. The zero-order valence-corrected chi connectivity index (χ0v) is 14.4. The number of carbonyl (C=O) groups excluding carboxylic acids is 2. The third-order valence-electron chi connectivity index (χ3n) is 3.12. The molecule has 0 saturated heterocycles. The molecule has 0 radical (unpaired) electrons. The molecule has 0 fully saturated rings. The summed E-state index contributed by atoms with van der Waals surface area (Å²) in [6, 6.07) is 11.1. The first-order valence-electron chi connectivity index (χ1n) is 7.01. The Morgan fingerprint density at radius 2 is 1.88 bits per heavy atom. The Balaban J connectivity index is 1.81. The average molecular weight is 396 g/mol. The zero-order chi connectivity index (χ0) is 17.5. The lowest BCUT2D eigenvalue weighted by atomic mass is 10.2. The highest BCUT2D eigenvalue weighted by molar-refractivity contribution is 9.10. The zero-order valence-electron chi connectivity index (χ0n) is 12.8. The van der Waals surface area contributed by atoms with Gasteiger partial charge in [-0.25, -0.2) is 9.18 Å². The van der Waals surface area contributed by atoms with Crippen LogP contribution in [0.25, 0.3) is 0 Å². The van der Waals surface area contributed by atoms with E-state index in [2.05, 4.69) is 21.2 Å². The van der Waals surface area contributed by atoms with E-state index in [1.54, 1.807) is 0 Å². The molecule has 2 aromatic carbocycles. The summed E-state index contributed by atoms with van der Waals surface area (Å²) in [7, 11) is 1.33. The maximum absolute atomic E-state index is 13.5. The summed E-state index contributed by atoms with van der Waals surface area (Å²) in [6.45, 7) is -0.121. The SMILES string of the molecule is COc1ccc(C(=O)OCC(=O)NCc2ccc(Br)cc2)cc1F. The standard InChI is InChI=1S/C17H15BrFNO4/c1-23-15-7-4-12(8-14(15)19)17(22)24-10-16(21)20-9-11-2-5-13(18)6-3-11/h2-8H,9-10H2,1H3,(H,20,21). The van der Waals surface area contributed by atoms with E-state index in [-0.39, 0.29) is 11.3 Å². The van der Waals surface area contributed by atoms with E-state index < -0.39 is 24.3 Å². The van der Waals surface area contributed by atoms with Gasteiger partial charge in [-0.3, -0.25) is 4.79 Å². The van der Waals surface area contributed by atoms with Crippen molar-refractivity contribution in [2.45, 2.75) is 6.54 Å². The number of nitrogens with one attached hydrogen (secondary N) is 1. The first-order valence-corrected chi connectivity index (χ1v) is 7.80. The van der Waals surface area contributed by atoms with Crippen molar-refractivity contribution in [3.63, 3.8) is 0 Å². The van der Waals surface area contributed by atoms with Gasteiger partial charge in [-0.1, -0.05) is 28.1 Å². The first-order chi connectivity index (χ1) is 11.5. The van der Waals surface area contributed by atoms with Crippen molar-refractivity contribution in [3.05, 3.63) is 63.9 Å². The number of methoxy groups -OCH3 is 1. The summed E-state index contributed by atoms with van der Waals surface area (Å²) in [5, 5.41) is 2.63. The van der Waals surface area contributed by atoms with Gasteiger partial charge in [0.25, 0.3) is 5.91 Å². The molecule has 7 heteroatoms. The van der Waals surface area contributed by atoms with Crippen molar-refractivity contribution >= 4 is 27.8 Å². The van der Waals surface area contributed by atoms with Crippen molar-refractivity contribution in [2.24, 2.45) is 0 Å². The summed E-state index contributed by atoms with van der Waals surface area (Å²) < 4.78 is 24.1. The van der Waals surface area contributed by atoms with E-state index in [4.69, 9.17) is 9.47 Å². The van der Waals surface area contributed by atoms with Gasteiger partial charge in [-0.2, -0.15) is 0 Å². The first kappa shape index (κ1) is 17.9. The smallest absolute Gasteiger partial charge is 0.338 e. The number of benzene rings is 2. The summed E-state index contributed by atoms with van der Waals surface area (Å²) >= 11 is 3.32. The maximum atomic E-state index is 13.5. The topological polar surface area (TPSA) is 64.6 Å². The van der Waals surface area contributed by atoms with Crippen molar-refractivity contribution in [2.75, 3.05) is 13.7 Å². The van der Waals surface area contributed by atoms with Gasteiger partial charge in [-0.05, 0) is 35.9 Å². The molecule has 126 valence electrons. The number of esters is 1. The normalized spacial score (nSPS) is 10.1. The van der Waals surface area contributed by atoms with Crippen LogP contribution in [0.15, 0.2) is 46.9 Å². The summed E-state index contributed by atoms with van der Waals surface area (Å²) in [5.74, 6) is -1.87. The van der Waals surface area contributed by atoms with Crippen molar-refractivity contribution in [1.82, 2.24) is 5.32 Å². The molecule has 2 aromatic rings. The van der Waals surface area contributed by atoms with Gasteiger partial charge in [0.05, 0.1) is 12.7 Å². The second-order valence-corrected chi connectivity index (χ2v) is 5.74. The van der Waals surface area contributed by atoms with E-state index >= 15 is 0 Å². The highest BCUT2D eigenvalue weighted by atomic mass is 79.9. The van der Waals surface area contributed by atoms with Gasteiger partial charge >= 0.3 is 5.97 Å². The number of halogens is 2. The Kier molecular flexibility index (Phi) is 6.31. The fourth-order valence-electron chi connectivity index (χ4n) is 1.86. The van der Waals surface area contributed by atoms with Crippen LogP contribution in [0, 0.1) is 5.82 Å². The van der Waals surface area contributed by atoms with Crippen LogP contribution < -0.4 is 10.1 Å². The molecule has 0 aliphatic rings. The van der Waals surface area contributed by atoms with Crippen LogP contribution in [-0.2, 0) is 16.1 Å². The second-order valence-electron chi connectivity index (χ2n) is 4.83. The Morgan fingerprint density at radius 1 is 1.17 bits per heavy atom. The maximum Gasteiger partial charge on any atom is 0.338 e. The van der Waals surface area contributed by atoms with Gasteiger partial charge < -0.3 is 14.8 Å². The van der Waals surface area contributed by atoms with Crippen LogP contribution in [0.5, 0.6) is 5.75 Å². The fourth-order valence-corrected chi connectivity index (χ4v) is 2.13. The quantitative estimate of drug-likeness (QED) is 0.763. The summed E-state index contributed by atoms with van der Waals surface area (Å²) in [4.78, 5) is 23.5. The summed E-state index contributed by atoms with van der Waals surface area (Å²) in [6.07, 6.45) is 0. The minimum atomic E-state index is -0.782. The number of carbonyl (C=O) groups is 2. The van der Waals surface area contributed by atoms with Crippen molar-refractivity contribution < 1.29 is 23.5 Å². The van der Waals surface area contributed by atoms with Gasteiger partial charge in [-0.15, -0.1) is 0 Å². The highest BCUT2D eigenvalue weighted by Crippen LogP contribution is 2.18. The van der Waals surface area contributed by atoms with Crippen LogP contribution in [0.1, 0.15) is 15.9 Å². The molecule has 0 bridgehead atoms. The van der Waals surface area contributed by atoms with Gasteiger partial charge in [0.15, 0.2) is 18.2 Å². The van der Waals surface area contributed by atoms with Gasteiger partial charge in [0.2, 0.25) is 0 Å². The lowest BCUT2D eigenvalue weighted by Gasteiger charge is -2.08. The van der Waals surface area contributed by atoms with E-state index in [0.29, 0.717) is 6.54 Å². The van der Waals surface area contributed by atoms with E-state index in [1.807, 2.05) is 24.3 Å². The Bertz CT molecular complexity index is 734. The third-order valence-corrected chi connectivity index (χ3v) is 3.65. The molecule has 1 N–H and O–H groups in total. The largest absolute Gasteiger partial charge is 0.494 e. The molecule has 0 saturated carbocycles. The number of ether oxygens (including phenoxy) is 2. The molecule has 0 atom stereocenters. The molecule has 1 amide bonds. The van der Waals surface area contributed by atoms with Crippen LogP contribution in [0.3, 0.4) is 0 Å². The van der Waals surface area contributed by atoms with Gasteiger partial charge in [0, 0.05) is 11.0 Å². The molecule has 0 heterocycles. The van der Waals surface area contributed by atoms with Crippen LogP contribution in [0.4, 0.5) is 4.39 Å². The molecule has 24 heavy (non-hydrogen) atoms. The highest BCUT2D eigenvalue weighted by Gasteiger charge is 2.13.